The van der Waals surface area contributed by atoms with Gasteiger partial charge in [0.2, 0.25) is 0 Å². The van der Waals surface area contributed by atoms with Crippen LogP contribution >= 0.6 is 0 Å². The third kappa shape index (κ3) is 5.24. The van der Waals surface area contributed by atoms with Gasteiger partial charge < -0.3 is 8.85 Å². The van der Waals surface area contributed by atoms with E-state index in [2.05, 4.69) is 13.5 Å². The van der Waals surface area contributed by atoms with E-state index < -0.39 is 9.28 Å². The van der Waals surface area contributed by atoms with E-state index in [0.29, 0.717) is 5.54 Å². The molecular formula is C10H22O2Si. The summed E-state index contributed by atoms with van der Waals surface area (Å²) in [6, 6.07) is 0. The smallest absolute Gasteiger partial charge is 0.328 e. The van der Waals surface area contributed by atoms with Crippen LogP contribution in [0, 0.1) is 0 Å². The fourth-order valence-electron chi connectivity index (χ4n) is 1.32. The fourth-order valence-corrected chi connectivity index (χ4v) is 3.40. The molecule has 0 rings (SSSR count). The molecule has 0 aliphatic carbocycles. The Morgan fingerprint density at radius 1 is 1.23 bits per heavy atom. The monoisotopic (exact) mass is 202 g/mol. The summed E-state index contributed by atoms with van der Waals surface area (Å²) in [5.74, 6) is 0. The van der Waals surface area contributed by atoms with Crippen LogP contribution in [0.4, 0.5) is 0 Å². The Bertz CT molecular complexity index is 122. The first-order valence-electron chi connectivity index (χ1n) is 5.15. The van der Waals surface area contributed by atoms with Crippen LogP contribution in [0.25, 0.3) is 0 Å². The SMILES string of the molecule is C=CC(CCC)[SiH](OCC)OCC. The zero-order valence-corrected chi connectivity index (χ0v) is 10.2. The van der Waals surface area contributed by atoms with E-state index in [9.17, 15) is 0 Å². The molecule has 3 heteroatoms. The third-order valence-electron chi connectivity index (χ3n) is 1.94. The Morgan fingerprint density at radius 3 is 2.08 bits per heavy atom. The molecule has 78 valence electrons. The zero-order valence-electron chi connectivity index (χ0n) is 9.08. The highest BCUT2D eigenvalue weighted by Gasteiger charge is 2.21. The third-order valence-corrected chi connectivity index (χ3v) is 4.56. The molecule has 1 atom stereocenters. The zero-order chi connectivity index (χ0) is 10.1. The first kappa shape index (κ1) is 12.9. The van der Waals surface area contributed by atoms with E-state index in [-0.39, 0.29) is 0 Å². The highest BCUT2D eigenvalue weighted by Crippen LogP contribution is 2.20. The summed E-state index contributed by atoms with van der Waals surface area (Å²) in [5.41, 5.74) is 0.463. The maximum atomic E-state index is 5.63. The topological polar surface area (TPSA) is 18.5 Å². The minimum absolute atomic E-state index is 0.463. The van der Waals surface area contributed by atoms with Gasteiger partial charge in [-0.3, -0.25) is 0 Å². The van der Waals surface area contributed by atoms with E-state index in [1.807, 2.05) is 19.9 Å². The summed E-state index contributed by atoms with van der Waals surface area (Å²) in [7, 11) is -1.48. The summed E-state index contributed by atoms with van der Waals surface area (Å²) in [6.07, 6.45) is 4.30. The van der Waals surface area contributed by atoms with E-state index >= 15 is 0 Å². The lowest BCUT2D eigenvalue weighted by Gasteiger charge is -2.21. The summed E-state index contributed by atoms with van der Waals surface area (Å²) in [6.45, 7) is 11.6. The average molecular weight is 202 g/mol. The van der Waals surface area contributed by atoms with Crippen molar-refractivity contribution in [1.29, 1.82) is 0 Å². The predicted octanol–water partition coefficient (Wildman–Crippen LogP) is 2.64. The fraction of sp³-hybridized carbons (Fsp3) is 0.800. The molecule has 0 bridgehead atoms. The van der Waals surface area contributed by atoms with E-state index in [4.69, 9.17) is 8.85 Å². The molecule has 0 saturated heterocycles. The summed E-state index contributed by atoms with van der Waals surface area (Å²) < 4.78 is 11.3. The van der Waals surface area contributed by atoms with Gasteiger partial charge in [-0.05, 0) is 20.3 Å². The van der Waals surface area contributed by atoms with Crippen LogP contribution in [0.2, 0.25) is 5.54 Å². The van der Waals surface area contributed by atoms with Crippen molar-refractivity contribution in [3.8, 4) is 0 Å². The van der Waals surface area contributed by atoms with Crippen molar-refractivity contribution in [2.45, 2.75) is 39.2 Å². The molecule has 0 radical (unpaired) electrons. The highest BCUT2D eigenvalue weighted by atomic mass is 28.3. The van der Waals surface area contributed by atoms with Crippen molar-refractivity contribution in [2.75, 3.05) is 13.2 Å². The van der Waals surface area contributed by atoms with Crippen molar-refractivity contribution in [3.63, 3.8) is 0 Å². The highest BCUT2D eigenvalue weighted by molar-refractivity contribution is 6.47. The maximum Gasteiger partial charge on any atom is 0.328 e. The van der Waals surface area contributed by atoms with Crippen LogP contribution in [-0.2, 0) is 8.85 Å². The minimum atomic E-state index is -1.48. The first-order valence-corrected chi connectivity index (χ1v) is 6.76. The van der Waals surface area contributed by atoms with E-state index in [1.54, 1.807) is 0 Å². The molecule has 0 aromatic carbocycles. The van der Waals surface area contributed by atoms with Gasteiger partial charge in [-0.1, -0.05) is 19.4 Å². The van der Waals surface area contributed by atoms with Gasteiger partial charge in [0.05, 0.1) is 0 Å². The Labute approximate surface area is 83.8 Å². The second-order valence-electron chi connectivity index (χ2n) is 2.97. The van der Waals surface area contributed by atoms with Gasteiger partial charge >= 0.3 is 9.28 Å². The van der Waals surface area contributed by atoms with Crippen molar-refractivity contribution >= 4 is 9.28 Å². The summed E-state index contributed by atoms with van der Waals surface area (Å²) >= 11 is 0. The Balaban J connectivity index is 4.02. The number of hydrogen-bond donors (Lipinski definition) is 0. The van der Waals surface area contributed by atoms with Crippen molar-refractivity contribution in [2.24, 2.45) is 0 Å². The molecule has 2 nitrogen and oxygen atoms in total. The predicted molar refractivity (Wildman–Crippen MR) is 59.3 cm³/mol. The van der Waals surface area contributed by atoms with Gasteiger partial charge in [0.15, 0.2) is 0 Å². The summed E-state index contributed by atoms with van der Waals surface area (Å²) in [4.78, 5) is 0. The lowest BCUT2D eigenvalue weighted by Crippen LogP contribution is -2.28. The van der Waals surface area contributed by atoms with Crippen LogP contribution in [0.3, 0.4) is 0 Å². The maximum absolute atomic E-state index is 5.63. The molecule has 0 aliphatic heterocycles. The molecule has 0 aromatic rings. The van der Waals surface area contributed by atoms with Crippen LogP contribution in [-0.4, -0.2) is 22.5 Å². The summed E-state index contributed by atoms with van der Waals surface area (Å²) in [5, 5.41) is 0. The van der Waals surface area contributed by atoms with Crippen LogP contribution < -0.4 is 0 Å². The molecule has 0 N–H and O–H groups in total. The number of hydrogen-bond acceptors (Lipinski definition) is 2. The van der Waals surface area contributed by atoms with Gasteiger partial charge in [-0.2, -0.15) is 0 Å². The molecule has 0 aliphatic rings. The van der Waals surface area contributed by atoms with Gasteiger partial charge in [0, 0.05) is 18.8 Å². The molecule has 0 aromatic heterocycles. The van der Waals surface area contributed by atoms with Crippen molar-refractivity contribution in [3.05, 3.63) is 12.7 Å². The van der Waals surface area contributed by atoms with Gasteiger partial charge in [-0.15, -0.1) is 6.58 Å². The average Bonchev–Trinajstić information content (AvgIpc) is 2.14. The molecular weight excluding hydrogens is 180 g/mol. The molecule has 1 unspecified atom stereocenters. The standard InChI is InChI=1S/C10H22O2Si/c1-5-9-10(6-2)13(11-7-3)12-8-4/h6,10,13H,2,5,7-9H2,1,3-4H3. The van der Waals surface area contributed by atoms with Gasteiger partial charge in [0.1, 0.15) is 0 Å². The molecule has 13 heavy (non-hydrogen) atoms. The molecule has 0 fully saturated rings. The Hall–Kier alpha value is -0.123. The second-order valence-corrected chi connectivity index (χ2v) is 5.23. The number of rotatable bonds is 8. The quantitative estimate of drug-likeness (QED) is 0.445. The van der Waals surface area contributed by atoms with E-state index in [1.165, 1.54) is 6.42 Å². The minimum Gasteiger partial charge on any atom is -0.396 e. The largest absolute Gasteiger partial charge is 0.396 e. The van der Waals surface area contributed by atoms with Gasteiger partial charge in [0.25, 0.3) is 0 Å². The van der Waals surface area contributed by atoms with Crippen LogP contribution in [0.15, 0.2) is 12.7 Å². The van der Waals surface area contributed by atoms with Crippen molar-refractivity contribution in [1.82, 2.24) is 0 Å². The van der Waals surface area contributed by atoms with E-state index in [0.717, 1.165) is 19.6 Å². The first-order chi connectivity index (χ1) is 6.29. The lowest BCUT2D eigenvalue weighted by molar-refractivity contribution is 0.206. The van der Waals surface area contributed by atoms with Crippen LogP contribution in [0.5, 0.6) is 0 Å². The Morgan fingerprint density at radius 2 is 1.77 bits per heavy atom. The lowest BCUT2D eigenvalue weighted by atomic mass is 10.2. The normalized spacial score (nSPS) is 13.2. The van der Waals surface area contributed by atoms with Gasteiger partial charge in [-0.25, -0.2) is 0 Å². The molecule has 0 saturated carbocycles. The van der Waals surface area contributed by atoms with Crippen LogP contribution in [0.1, 0.15) is 33.6 Å². The van der Waals surface area contributed by atoms with Crippen molar-refractivity contribution < 1.29 is 8.85 Å². The Kier molecular flexibility index (Phi) is 8.39. The molecule has 0 heterocycles. The molecule has 0 amide bonds. The second kappa shape index (κ2) is 8.47. The molecule has 0 spiro atoms. The number of allylic oxidation sites excluding steroid dienone is 1.